The van der Waals surface area contributed by atoms with Crippen molar-refractivity contribution in [3.63, 3.8) is 0 Å². The summed E-state index contributed by atoms with van der Waals surface area (Å²) < 4.78 is 15.7. The quantitative estimate of drug-likeness (QED) is 0.711. The molecule has 106 valence electrons. The lowest BCUT2D eigenvalue weighted by Crippen LogP contribution is -2.23. The van der Waals surface area contributed by atoms with Crippen molar-refractivity contribution in [1.82, 2.24) is 0 Å². The topological polar surface area (TPSA) is 44.8 Å². The number of rotatable bonds is 7. The molecule has 0 aromatic heterocycles. The fourth-order valence-electron chi connectivity index (χ4n) is 1.68. The molecule has 0 atom stereocenters. The Morgan fingerprint density at radius 2 is 1.84 bits per heavy atom. The van der Waals surface area contributed by atoms with Gasteiger partial charge >= 0.3 is 0 Å². The van der Waals surface area contributed by atoms with Gasteiger partial charge in [-0.25, -0.2) is 0 Å². The Kier molecular flexibility index (Phi) is 5.36. The number of Topliss-reactive ketones (excluding diaryl/α,β-unsaturated/α-hetero) is 1. The summed E-state index contributed by atoms with van der Waals surface area (Å²) in [6.07, 6.45) is 1.06. The summed E-state index contributed by atoms with van der Waals surface area (Å²) in [6.45, 7) is 3.92. The van der Waals surface area contributed by atoms with Crippen LogP contribution in [0.3, 0.4) is 0 Å². The van der Waals surface area contributed by atoms with Crippen molar-refractivity contribution in [2.24, 2.45) is 0 Å². The van der Waals surface area contributed by atoms with Gasteiger partial charge in [0, 0.05) is 13.5 Å². The number of methoxy groups -OCH3 is 3. The Morgan fingerprint density at radius 3 is 2.37 bits per heavy atom. The molecule has 0 heterocycles. The lowest BCUT2D eigenvalue weighted by Gasteiger charge is -2.22. The molecule has 0 aliphatic rings. The highest BCUT2D eigenvalue weighted by Gasteiger charge is 2.20. The van der Waals surface area contributed by atoms with Crippen molar-refractivity contribution in [3.05, 3.63) is 23.8 Å². The molecular weight excluding hydrogens is 244 g/mol. The highest BCUT2D eigenvalue weighted by Crippen LogP contribution is 2.26. The predicted octanol–water partition coefficient (Wildman–Crippen LogP) is 3.09. The Hall–Kier alpha value is -1.55. The summed E-state index contributed by atoms with van der Waals surface area (Å²) in [4.78, 5) is 12.3. The van der Waals surface area contributed by atoms with E-state index in [1.807, 2.05) is 13.8 Å². The van der Waals surface area contributed by atoms with Gasteiger partial charge in [0.25, 0.3) is 0 Å². The van der Waals surface area contributed by atoms with Gasteiger partial charge in [-0.2, -0.15) is 0 Å². The zero-order valence-electron chi connectivity index (χ0n) is 12.3. The van der Waals surface area contributed by atoms with Crippen LogP contribution in [0.15, 0.2) is 18.2 Å². The van der Waals surface area contributed by atoms with E-state index in [2.05, 4.69) is 0 Å². The first-order valence-electron chi connectivity index (χ1n) is 6.24. The highest BCUT2D eigenvalue weighted by atomic mass is 16.5. The van der Waals surface area contributed by atoms with E-state index < -0.39 is 0 Å². The molecule has 1 rings (SSSR count). The minimum absolute atomic E-state index is 0.0286. The fraction of sp³-hybridized carbons (Fsp3) is 0.533. The molecule has 0 saturated heterocycles. The average Bonchev–Trinajstić information content (AvgIpc) is 2.44. The lowest BCUT2D eigenvalue weighted by molar-refractivity contribution is 0.0141. The third-order valence-corrected chi connectivity index (χ3v) is 3.21. The maximum atomic E-state index is 12.3. The molecular formula is C15H22O4. The van der Waals surface area contributed by atoms with Gasteiger partial charge in [-0.3, -0.25) is 4.79 Å². The predicted molar refractivity (Wildman–Crippen MR) is 74.2 cm³/mol. The van der Waals surface area contributed by atoms with E-state index in [9.17, 15) is 4.79 Å². The Morgan fingerprint density at radius 1 is 1.16 bits per heavy atom. The Bertz CT molecular complexity index is 438. The van der Waals surface area contributed by atoms with Crippen LogP contribution >= 0.6 is 0 Å². The summed E-state index contributed by atoms with van der Waals surface area (Å²) in [7, 11) is 4.78. The van der Waals surface area contributed by atoms with E-state index in [0.29, 0.717) is 29.9 Å². The van der Waals surface area contributed by atoms with Crippen LogP contribution in [-0.2, 0) is 4.74 Å². The highest BCUT2D eigenvalue weighted by molar-refractivity contribution is 5.99. The molecule has 0 saturated carbocycles. The van der Waals surface area contributed by atoms with Crippen LogP contribution in [0.4, 0.5) is 0 Å². The maximum absolute atomic E-state index is 12.3. The lowest BCUT2D eigenvalue weighted by atomic mass is 9.97. The molecule has 0 fully saturated rings. The number of ether oxygens (including phenoxy) is 3. The van der Waals surface area contributed by atoms with E-state index in [1.54, 1.807) is 39.5 Å². The van der Waals surface area contributed by atoms with Gasteiger partial charge in [0.05, 0.1) is 25.4 Å². The molecule has 4 heteroatoms. The summed E-state index contributed by atoms with van der Waals surface area (Å²) in [5.41, 5.74) is 0.246. The van der Waals surface area contributed by atoms with Crippen LogP contribution in [0.5, 0.6) is 11.5 Å². The second kappa shape index (κ2) is 6.57. The van der Waals surface area contributed by atoms with Crippen molar-refractivity contribution in [1.29, 1.82) is 0 Å². The SMILES string of the molecule is COc1ccc(OC)c(C(=O)CCC(C)(C)OC)c1. The van der Waals surface area contributed by atoms with Crippen molar-refractivity contribution in [2.75, 3.05) is 21.3 Å². The number of carbonyl (C=O) groups excluding carboxylic acids is 1. The zero-order chi connectivity index (χ0) is 14.5. The summed E-state index contributed by atoms with van der Waals surface area (Å²) in [6, 6.07) is 5.23. The number of hydrogen-bond donors (Lipinski definition) is 0. The average molecular weight is 266 g/mol. The molecule has 0 radical (unpaired) electrons. The largest absolute Gasteiger partial charge is 0.497 e. The summed E-state index contributed by atoms with van der Waals surface area (Å²) >= 11 is 0. The monoisotopic (exact) mass is 266 g/mol. The third-order valence-electron chi connectivity index (χ3n) is 3.21. The number of benzene rings is 1. The van der Waals surface area contributed by atoms with E-state index in [1.165, 1.54) is 0 Å². The van der Waals surface area contributed by atoms with E-state index in [-0.39, 0.29) is 11.4 Å². The number of ketones is 1. The van der Waals surface area contributed by atoms with Crippen LogP contribution in [0.1, 0.15) is 37.0 Å². The third kappa shape index (κ3) is 4.24. The van der Waals surface area contributed by atoms with Crippen LogP contribution in [0.25, 0.3) is 0 Å². The van der Waals surface area contributed by atoms with Crippen molar-refractivity contribution in [2.45, 2.75) is 32.3 Å². The first-order chi connectivity index (χ1) is 8.93. The molecule has 0 bridgehead atoms. The smallest absolute Gasteiger partial charge is 0.166 e. The van der Waals surface area contributed by atoms with Crippen molar-refractivity contribution >= 4 is 5.78 Å². The molecule has 19 heavy (non-hydrogen) atoms. The molecule has 0 N–H and O–H groups in total. The molecule has 0 spiro atoms. The first kappa shape index (κ1) is 15.5. The minimum Gasteiger partial charge on any atom is -0.497 e. The maximum Gasteiger partial charge on any atom is 0.166 e. The second-order valence-corrected chi connectivity index (χ2v) is 4.95. The molecule has 0 amide bonds. The van der Waals surface area contributed by atoms with Gasteiger partial charge in [0.2, 0.25) is 0 Å². The molecule has 0 aliphatic carbocycles. The van der Waals surface area contributed by atoms with Crippen molar-refractivity contribution in [3.8, 4) is 11.5 Å². The van der Waals surface area contributed by atoms with Gasteiger partial charge in [0.15, 0.2) is 5.78 Å². The number of carbonyl (C=O) groups is 1. The van der Waals surface area contributed by atoms with Crippen LogP contribution in [-0.4, -0.2) is 32.7 Å². The van der Waals surface area contributed by atoms with Gasteiger partial charge in [0.1, 0.15) is 11.5 Å². The Balaban J connectivity index is 2.86. The van der Waals surface area contributed by atoms with E-state index in [4.69, 9.17) is 14.2 Å². The molecule has 1 aromatic rings. The van der Waals surface area contributed by atoms with Gasteiger partial charge in [-0.1, -0.05) is 0 Å². The molecule has 1 aromatic carbocycles. The van der Waals surface area contributed by atoms with Crippen LogP contribution in [0, 0.1) is 0 Å². The minimum atomic E-state index is -0.304. The van der Waals surface area contributed by atoms with Crippen LogP contribution < -0.4 is 9.47 Å². The van der Waals surface area contributed by atoms with Crippen LogP contribution in [0.2, 0.25) is 0 Å². The Labute approximate surface area is 114 Å². The molecule has 0 unspecified atom stereocenters. The zero-order valence-corrected chi connectivity index (χ0v) is 12.3. The normalized spacial score (nSPS) is 11.2. The molecule has 4 nitrogen and oxygen atoms in total. The van der Waals surface area contributed by atoms with E-state index >= 15 is 0 Å². The van der Waals surface area contributed by atoms with Gasteiger partial charge in [-0.15, -0.1) is 0 Å². The van der Waals surface area contributed by atoms with Gasteiger partial charge < -0.3 is 14.2 Å². The second-order valence-electron chi connectivity index (χ2n) is 4.95. The van der Waals surface area contributed by atoms with Gasteiger partial charge in [-0.05, 0) is 38.5 Å². The standard InChI is InChI=1S/C15H22O4/c1-15(2,19-5)9-8-13(16)12-10-11(17-3)6-7-14(12)18-4/h6-7,10H,8-9H2,1-5H3. The number of hydrogen-bond acceptors (Lipinski definition) is 4. The van der Waals surface area contributed by atoms with Crippen molar-refractivity contribution < 1.29 is 19.0 Å². The summed E-state index contributed by atoms with van der Waals surface area (Å²) in [5.74, 6) is 1.25. The first-order valence-corrected chi connectivity index (χ1v) is 6.24. The fourth-order valence-corrected chi connectivity index (χ4v) is 1.68. The molecule has 0 aliphatic heterocycles. The van der Waals surface area contributed by atoms with E-state index in [0.717, 1.165) is 0 Å². The summed E-state index contributed by atoms with van der Waals surface area (Å²) in [5, 5.41) is 0.